The number of benzene rings is 3. The van der Waals surface area contributed by atoms with E-state index < -0.39 is 11.5 Å². The highest BCUT2D eigenvalue weighted by Gasteiger charge is 2.32. The number of carbonyl (C=O) groups is 2. The Kier molecular flexibility index (Phi) is 9.30. The van der Waals surface area contributed by atoms with Crippen LogP contribution in [0, 0.1) is 0 Å². The van der Waals surface area contributed by atoms with Crippen molar-refractivity contribution in [3.05, 3.63) is 78.6 Å². The van der Waals surface area contributed by atoms with Crippen LogP contribution in [0.1, 0.15) is 18.9 Å². The maximum atomic E-state index is 12.9. The van der Waals surface area contributed by atoms with Crippen molar-refractivity contribution < 1.29 is 22.8 Å². The lowest BCUT2D eigenvalue weighted by Gasteiger charge is -2.22. The number of alkyl halides is 3. The molecule has 44 heavy (non-hydrogen) atoms. The zero-order valence-electron chi connectivity index (χ0n) is 24.0. The van der Waals surface area contributed by atoms with Crippen molar-refractivity contribution in [2.24, 2.45) is 4.99 Å². The lowest BCUT2D eigenvalue weighted by Crippen LogP contribution is -2.31. The van der Waals surface area contributed by atoms with Gasteiger partial charge < -0.3 is 10.2 Å². The van der Waals surface area contributed by atoms with Gasteiger partial charge in [0.05, 0.1) is 17.1 Å². The van der Waals surface area contributed by atoms with Gasteiger partial charge in [-0.2, -0.15) is 18.2 Å². The first kappa shape index (κ1) is 31.1. The number of nitrogens with zero attached hydrogens (tertiary/aromatic N) is 6. The lowest BCUT2D eigenvalue weighted by atomic mass is 10.1. The quantitative estimate of drug-likeness (QED) is 0.203. The number of amides is 3. The van der Waals surface area contributed by atoms with Gasteiger partial charge in [0.1, 0.15) is 6.33 Å². The number of anilines is 3. The normalized spacial score (nSPS) is 14.4. The third kappa shape index (κ3) is 7.42. The standard InChI is InChI=1S/C30H28F3N7O2S2/c1-4-5-19-8-11-23(38(2)3)16-25(19)40-26(41)17-43-29(40)36-28(42)35-21-9-6-20(7-10-21)27-34-18-39(37-27)22-12-14-24(15-13-22)44-30(31,32)33/h6-16,18H,4-5,17H2,1-3H3,(H,35,42)/b36-29-. The second-order valence-electron chi connectivity index (χ2n) is 9.93. The Morgan fingerprint density at radius 3 is 2.48 bits per heavy atom. The summed E-state index contributed by atoms with van der Waals surface area (Å²) < 4.78 is 39.3. The van der Waals surface area contributed by atoms with Crippen LogP contribution in [-0.4, -0.2) is 57.2 Å². The molecular formula is C30H28F3N7O2S2. The number of halogens is 3. The maximum absolute atomic E-state index is 12.9. The first-order valence-corrected chi connectivity index (χ1v) is 15.3. The molecule has 1 fully saturated rings. The lowest BCUT2D eigenvalue weighted by molar-refractivity contribution is -0.115. The summed E-state index contributed by atoms with van der Waals surface area (Å²) in [7, 11) is 3.85. The van der Waals surface area contributed by atoms with E-state index in [-0.39, 0.29) is 28.3 Å². The molecule has 1 aliphatic rings. The topological polar surface area (TPSA) is 95.7 Å². The molecule has 3 aromatic carbocycles. The fourth-order valence-corrected chi connectivity index (χ4v) is 5.86. The number of carbonyl (C=O) groups excluding carboxylic acids is 2. The van der Waals surface area contributed by atoms with Gasteiger partial charge in [0.25, 0.3) is 0 Å². The summed E-state index contributed by atoms with van der Waals surface area (Å²) >= 11 is 1.04. The van der Waals surface area contributed by atoms with Crippen LogP contribution in [0.2, 0.25) is 0 Å². The van der Waals surface area contributed by atoms with Gasteiger partial charge in [0, 0.05) is 35.9 Å². The van der Waals surface area contributed by atoms with Crippen LogP contribution in [0.3, 0.4) is 0 Å². The van der Waals surface area contributed by atoms with Crippen molar-refractivity contribution in [1.82, 2.24) is 14.8 Å². The molecule has 1 aliphatic heterocycles. The largest absolute Gasteiger partial charge is 0.446 e. The molecule has 0 unspecified atom stereocenters. The molecule has 1 aromatic heterocycles. The number of thioether (sulfide) groups is 2. The van der Waals surface area contributed by atoms with Crippen molar-refractivity contribution in [1.29, 1.82) is 0 Å². The summed E-state index contributed by atoms with van der Waals surface area (Å²) in [5, 5.41) is 7.48. The Balaban J connectivity index is 1.28. The van der Waals surface area contributed by atoms with E-state index in [9.17, 15) is 22.8 Å². The highest BCUT2D eigenvalue weighted by molar-refractivity contribution is 8.15. The number of hydrogen-bond donors (Lipinski definition) is 1. The fourth-order valence-electron chi connectivity index (χ4n) is 4.46. The summed E-state index contributed by atoms with van der Waals surface area (Å²) in [6, 6.07) is 18.0. The second kappa shape index (κ2) is 13.1. The smallest absolute Gasteiger partial charge is 0.378 e. The number of aliphatic imine (C=N–C) groups is 1. The van der Waals surface area contributed by atoms with E-state index in [2.05, 4.69) is 27.3 Å². The summed E-state index contributed by atoms with van der Waals surface area (Å²) in [5.74, 6) is 0.452. The van der Waals surface area contributed by atoms with Crippen LogP contribution in [0.15, 0.2) is 82.9 Å². The van der Waals surface area contributed by atoms with Crippen molar-refractivity contribution in [2.45, 2.75) is 30.2 Å². The zero-order chi connectivity index (χ0) is 31.4. The minimum atomic E-state index is -4.35. The Hall–Kier alpha value is -4.30. The van der Waals surface area contributed by atoms with Gasteiger partial charge in [-0.3, -0.25) is 9.69 Å². The number of nitrogens with one attached hydrogen (secondary N) is 1. The van der Waals surface area contributed by atoms with E-state index in [4.69, 9.17) is 0 Å². The van der Waals surface area contributed by atoms with E-state index in [1.165, 1.54) is 51.9 Å². The summed E-state index contributed by atoms with van der Waals surface area (Å²) in [5.41, 5.74) is 0.0356. The number of urea groups is 1. The highest BCUT2D eigenvalue weighted by atomic mass is 32.2. The average molecular weight is 640 g/mol. The van der Waals surface area contributed by atoms with Gasteiger partial charge in [-0.1, -0.05) is 31.2 Å². The highest BCUT2D eigenvalue weighted by Crippen LogP contribution is 2.37. The van der Waals surface area contributed by atoms with Gasteiger partial charge in [-0.05, 0) is 84.4 Å². The zero-order valence-corrected chi connectivity index (χ0v) is 25.6. The molecule has 4 aromatic rings. The van der Waals surface area contributed by atoms with Gasteiger partial charge in [-0.25, -0.2) is 14.5 Å². The molecule has 2 heterocycles. The number of aryl methyl sites for hydroxylation is 1. The average Bonchev–Trinajstić information content (AvgIpc) is 3.60. The fraction of sp³-hybridized carbons (Fsp3) is 0.233. The maximum Gasteiger partial charge on any atom is 0.446 e. The molecule has 0 spiro atoms. The number of amidine groups is 1. The Morgan fingerprint density at radius 2 is 1.82 bits per heavy atom. The van der Waals surface area contributed by atoms with Crippen molar-refractivity contribution in [3.63, 3.8) is 0 Å². The third-order valence-corrected chi connectivity index (χ3v) is 8.19. The Labute approximate surface area is 260 Å². The first-order valence-electron chi connectivity index (χ1n) is 13.5. The third-order valence-electron chi connectivity index (χ3n) is 6.53. The predicted octanol–water partition coefficient (Wildman–Crippen LogP) is 7.23. The summed E-state index contributed by atoms with van der Waals surface area (Å²) in [4.78, 5) is 37.9. The predicted molar refractivity (Wildman–Crippen MR) is 170 cm³/mol. The van der Waals surface area contributed by atoms with Crippen molar-refractivity contribution in [2.75, 3.05) is 35.0 Å². The molecule has 0 saturated carbocycles. The van der Waals surface area contributed by atoms with Gasteiger partial charge >= 0.3 is 11.5 Å². The Morgan fingerprint density at radius 1 is 1.09 bits per heavy atom. The first-order chi connectivity index (χ1) is 21.0. The molecule has 0 aliphatic carbocycles. The molecule has 0 atom stereocenters. The number of rotatable bonds is 8. The minimum Gasteiger partial charge on any atom is -0.378 e. The van der Waals surface area contributed by atoms with Gasteiger partial charge in [0.2, 0.25) is 5.91 Å². The van der Waals surface area contributed by atoms with E-state index >= 15 is 0 Å². The number of hydrogen-bond acceptors (Lipinski definition) is 7. The van der Waals surface area contributed by atoms with Crippen LogP contribution in [0.4, 0.5) is 35.0 Å². The van der Waals surface area contributed by atoms with Crippen LogP contribution in [-0.2, 0) is 11.2 Å². The molecular weight excluding hydrogens is 612 g/mol. The van der Waals surface area contributed by atoms with E-state index in [1.54, 1.807) is 24.3 Å². The minimum absolute atomic E-state index is 0.0787. The van der Waals surface area contributed by atoms with E-state index in [0.29, 0.717) is 27.9 Å². The Bertz CT molecular complexity index is 1690. The summed E-state index contributed by atoms with van der Waals surface area (Å²) in [6.45, 7) is 2.07. The van der Waals surface area contributed by atoms with Crippen LogP contribution < -0.4 is 15.1 Å². The molecule has 3 amide bonds. The molecule has 1 N–H and O–H groups in total. The molecule has 1 saturated heterocycles. The van der Waals surface area contributed by atoms with Crippen LogP contribution in [0.5, 0.6) is 0 Å². The number of aromatic nitrogens is 3. The molecule has 0 bridgehead atoms. The van der Waals surface area contributed by atoms with E-state index in [1.807, 2.05) is 37.2 Å². The summed E-state index contributed by atoms with van der Waals surface area (Å²) in [6.07, 6.45) is 3.16. The van der Waals surface area contributed by atoms with Crippen LogP contribution in [0.25, 0.3) is 17.1 Å². The van der Waals surface area contributed by atoms with Crippen molar-refractivity contribution in [3.8, 4) is 17.1 Å². The monoisotopic (exact) mass is 639 g/mol. The second-order valence-corrected chi connectivity index (χ2v) is 12.0. The van der Waals surface area contributed by atoms with Gasteiger partial charge in [0.15, 0.2) is 11.0 Å². The SMILES string of the molecule is CCCc1ccc(N(C)C)cc1N1C(=O)CS/C1=N\C(=O)Nc1ccc(-c2ncn(-c3ccc(SC(F)(F)F)cc3)n2)cc1. The molecule has 0 radical (unpaired) electrons. The molecule has 228 valence electrons. The van der Waals surface area contributed by atoms with E-state index in [0.717, 1.165) is 29.8 Å². The van der Waals surface area contributed by atoms with Gasteiger partial charge in [-0.15, -0.1) is 5.10 Å². The van der Waals surface area contributed by atoms with Crippen molar-refractivity contribution >= 4 is 57.7 Å². The van der Waals surface area contributed by atoms with Crippen LogP contribution >= 0.6 is 23.5 Å². The molecule has 14 heteroatoms. The molecule has 9 nitrogen and oxygen atoms in total. The molecule has 5 rings (SSSR count).